The van der Waals surface area contributed by atoms with E-state index < -0.39 is 0 Å². The van der Waals surface area contributed by atoms with Gasteiger partial charge in [0, 0.05) is 30.9 Å². The molecule has 0 N–H and O–H groups in total. The van der Waals surface area contributed by atoms with E-state index in [4.69, 9.17) is 4.98 Å². The largest absolute Gasteiger partial charge is 0.327 e. The van der Waals surface area contributed by atoms with E-state index >= 15 is 0 Å². The minimum atomic E-state index is 1.08. The Labute approximate surface area is 121 Å². The molecule has 0 bridgehead atoms. The van der Waals surface area contributed by atoms with Crippen molar-refractivity contribution in [2.24, 2.45) is 0 Å². The van der Waals surface area contributed by atoms with E-state index in [0.717, 1.165) is 24.2 Å². The van der Waals surface area contributed by atoms with Crippen molar-refractivity contribution < 1.29 is 0 Å². The van der Waals surface area contributed by atoms with Crippen LogP contribution in [0.15, 0.2) is 36.0 Å². The SMILES string of the molecule is Cc1csc(-c2c(-c3ccncc3)nc3n2CCC3)c1. The summed E-state index contributed by atoms with van der Waals surface area (Å²) in [5, 5.41) is 2.21. The van der Waals surface area contributed by atoms with Gasteiger partial charge in [-0.3, -0.25) is 4.98 Å². The van der Waals surface area contributed by atoms with Crippen LogP contribution >= 0.6 is 11.3 Å². The van der Waals surface area contributed by atoms with E-state index in [-0.39, 0.29) is 0 Å². The van der Waals surface area contributed by atoms with Crippen LogP contribution in [0.5, 0.6) is 0 Å². The molecule has 3 aromatic rings. The third-order valence-electron chi connectivity index (χ3n) is 3.75. The summed E-state index contributed by atoms with van der Waals surface area (Å²) in [6.45, 7) is 3.23. The van der Waals surface area contributed by atoms with Crippen LogP contribution < -0.4 is 0 Å². The van der Waals surface area contributed by atoms with Gasteiger partial charge in [0.25, 0.3) is 0 Å². The molecule has 3 aromatic heterocycles. The molecule has 1 aliphatic rings. The number of nitrogens with zero attached hydrogens (tertiary/aromatic N) is 3. The van der Waals surface area contributed by atoms with E-state index in [0.29, 0.717) is 0 Å². The summed E-state index contributed by atoms with van der Waals surface area (Å²) in [6, 6.07) is 6.35. The van der Waals surface area contributed by atoms with Crippen LogP contribution in [-0.2, 0) is 13.0 Å². The van der Waals surface area contributed by atoms with Crippen LogP contribution in [0.3, 0.4) is 0 Å². The third-order valence-corrected chi connectivity index (χ3v) is 4.80. The van der Waals surface area contributed by atoms with Gasteiger partial charge in [0.2, 0.25) is 0 Å². The van der Waals surface area contributed by atoms with Gasteiger partial charge in [0.1, 0.15) is 5.82 Å². The molecule has 0 saturated carbocycles. The number of imidazole rings is 1. The maximum atomic E-state index is 4.89. The minimum absolute atomic E-state index is 1.08. The smallest absolute Gasteiger partial charge is 0.109 e. The maximum absolute atomic E-state index is 4.89. The molecule has 0 unspecified atom stereocenters. The van der Waals surface area contributed by atoms with E-state index in [1.807, 2.05) is 24.5 Å². The Morgan fingerprint density at radius 1 is 1.25 bits per heavy atom. The van der Waals surface area contributed by atoms with Crippen molar-refractivity contribution in [1.82, 2.24) is 14.5 Å². The van der Waals surface area contributed by atoms with Crippen LogP contribution in [0.25, 0.3) is 21.8 Å². The molecule has 0 saturated heterocycles. The summed E-state index contributed by atoms with van der Waals surface area (Å²) in [5.41, 5.74) is 4.85. The molecule has 0 aromatic carbocycles. The van der Waals surface area contributed by atoms with Crippen molar-refractivity contribution in [2.45, 2.75) is 26.3 Å². The molecule has 3 nitrogen and oxygen atoms in total. The van der Waals surface area contributed by atoms with E-state index in [9.17, 15) is 0 Å². The first-order valence-electron chi connectivity index (χ1n) is 6.88. The van der Waals surface area contributed by atoms with Gasteiger partial charge in [-0.1, -0.05) is 0 Å². The van der Waals surface area contributed by atoms with Crippen LogP contribution in [0.4, 0.5) is 0 Å². The fraction of sp³-hybridized carbons (Fsp3) is 0.250. The molecule has 1 aliphatic heterocycles. The predicted octanol–water partition coefficient (Wildman–Crippen LogP) is 3.93. The van der Waals surface area contributed by atoms with Crippen LogP contribution in [0.1, 0.15) is 17.8 Å². The van der Waals surface area contributed by atoms with Crippen molar-refractivity contribution in [3.8, 4) is 21.8 Å². The number of aromatic nitrogens is 3. The number of fused-ring (bicyclic) bond motifs is 1. The van der Waals surface area contributed by atoms with Gasteiger partial charge in [-0.25, -0.2) is 4.98 Å². The number of pyridine rings is 1. The first-order chi connectivity index (χ1) is 9.83. The lowest BCUT2D eigenvalue weighted by Crippen LogP contribution is -1.94. The average molecular weight is 281 g/mol. The molecule has 0 spiro atoms. The summed E-state index contributed by atoms with van der Waals surface area (Å²) in [6.07, 6.45) is 5.96. The molecular formula is C16H15N3S. The zero-order chi connectivity index (χ0) is 13.5. The lowest BCUT2D eigenvalue weighted by atomic mass is 10.1. The summed E-state index contributed by atoms with van der Waals surface area (Å²) in [5.74, 6) is 1.22. The molecule has 0 radical (unpaired) electrons. The maximum Gasteiger partial charge on any atom is 0.109 e. The molecule has 0 amide bonds. The number of aryl methyl sites for hydroxylation is 2. The standard InChI is InChI=1S/C16H15N3S/c1-11-9-13(20-10-11)16-15(12-4-6-17-7-5-12)18-14-3-2-8-19(14)16/h4-7,9-10H,2-3,8H2,1H3. The van der Waals surface area contributed by atoms with Crippen molar-refractivity contribution in [1.29, 1.82) is 0 Å². The summed E-state index contributed by atoms with van der Waals surface area (Å²) in [4.78, 5) is 10.3. The molecule has 4 heteroatoms. The number of hydrogen-bond acceptors (Lipinski definition) is 3. The van der Waals surface area contributed by atoms with Crippen molar-refractivity contribution >= 4 is 11.3 Å². The Morgan fingerprint density at radius 2 is 2.10 bits per heavy atom. The molecule has 100 valence electrons. The fourth-order valence-electron chi connectivity index (χ4n) is 2.84. The summed E-state index contributed by atoms with van der Waals surface area (Å²) in [7, 11) is 0. The first kappa shape index (κ1) is 11.9. The number of hydrogen-bond donors (Lipinski definition) is 0. The van der Waals surface area contributed by atoms with Gasteiger partial charge in [-0.15, -0.1) is 11.3 Å². The van der Waals surface area contributed by atoms with E-state index in [2.05, 4.69) is 27.9 Å². The highest BCUT2D eigenvalue weighted by Gasteiger charge is 2.23. The molecular weight excluding hydrogens is 266 g/mol. The Balaban J connectivity index is 1.96. The van der Waals surface area contributed by atoms with Gasteiger partial charge >= 0.3 is 0 Å². The molecule has 0 atom stereocenters. The zero-order valence-electron chi connectivity index (χ0n) is 11.3. The lowest BCUT2D eigenvalue weighted by Gasteiger charge is -2.06. The van der Waals surface area contributed by atoms with E-state index in [1.165, 1.54) is 28.4 Å². The Kier molecular flexibility index (Phi) is 2.70. The predicted molar refractivity (Wildman–Crippen MR) is 81.8 cm³/mol. The highest BCUT2D eigenvalue weighted by Crippen LogP contribution is 2.38. The monoisotopic (exact) mass is 281 g/mol. The highest BCUT2D eigenvalue weighted by molar-refractivity contribution is 7.13. The molecule has 20 heavy (non-hydrogen) atoms. The first-order valence-corrected chi connectivity index (χ1v) is 7.76. The third kappa shape index (κ3) is 1.79. The van der Waals surface area contributed by atoms with Gasteiger partial charge in [-0.2, -0.15) is 0 Å². The summed E-state index contributed by atoms with van der Waals surface area (Å²) < 4.78 is 2.39. The molecule has 4 heterocycles. The minimum Gasteiger partial charge on any atom is -0.327 e. The van der Waals surface area contributed by atoms with Crippen molar-refractivity contribution in [2.75, 3.05) is 0 Å². The topological polar surface area (TPSA) is 30.7 Å². The van der Waals surface area contributed by atoms with E-state index in [1.54, 1.807) is 11.3 Å². The molecule has 4 rings (SSSR count). The number of rotatable bonds is 2. The lowest BCUT2D eigenvalue weighted by molar-refractivity contribution is 0.757. The van der Waals surface area contributed by atoms with Crippen LogP contribution in [0.2, 0.25) is 0 Å². The summed E-state index contributed by atoms with van der Waals surface area (Å²) >= 11 is 1.81. The van der Waals surface area contributed by atoms with Gasteiger partial charge in [-0.05, 0) is 42.5 Å². The second kappa shape index (κ2) is 4.56. The van der Waals surface area contributed by atoms with Gasteiger partial charge in [0.05, 0.1) is 16.3 Å². The number of thiophene rings is 1. The second-order valence-electron chi connectivity index (χ2n) is 5.20. The van der Waals surface area contributed by atoms with Crippen LogP contribution in [0, 0.1) is 6.92 Å². The molecule has 0 aliphatic carbocycles. The van der Waals surface area contributed by atoms with Gasteiger partial charge in [0.15, 0.2) is 0 Å². The fourth-order valence-corrected chi connectivity index (χ4v) is 3.80. The average Bonchev–Trinajstić information content (AvgIpc) is 3.14. The highest BCUT2D eigenvalue weighted by atomic mass is 32.1. The Hall–Kier alpha value is -1.94. The normalized spacial score (nSPS) is 13.7. The Bertz CT molecular complexity index is 755. The van der Waals surface area contributed by atoms with Gasteiger partial charge < -0.3 is 4.57 Å². The van der Waals surface area contributed by atoms with Crippen LogP contribution in [-0.4, -0.2) is 14.5 Å². The second-order valence-corrected chi connectivity index (χ2v) is 6.12. The van der Waals surface area contributed by atoms with Crippen molar-refractivity contribution in [3.05, 3.63) is 47.4 Å². The zero-order valence-corrected chi connectivity index (χ0v) is 12.2. The Morgan fingerprint density at radius 3 is 2.85 bits per heavy atom. The quantitative estimate of drug-likeness (QED) is 0.712. The molecule has 0 fully saturated rings. The van der Waals surface area contributed by atoms with Crippen molar-refractivity contribution in [3.63, 3.8) is 0 Å².